The van der Waals surface area contributed by atoms with Gasteiger partial charge in [-0.2, -0.15) is 4.99 Å². The molecule has 0 fully saturated rings. The van der Waals surface area contributed by atoms with E-state index >= 15 is 0 Å². The third kappa shape index (κ3) is 3.27. The molecule has 3 aromatic carbocycles. The number of fused-ring (bicyclic) bond motifs is 4. The maximum atomic E-state index is 12.9. The highest BCUT2D eigenvalue weighted by Gasteiger charge is 2.14. The molecule has 5 rings (SSSR count). The number of thiazole rings is 2. The number of hydrogen-bond donors (Lipinski definition) is 0. The molecule has 0 radical (unpaired) electrons. The highest BCUT2D eigenvalue weighted by atomic mass is 32.1. The Morgan fingerprint density at radius 3 is 2.76 bits per heavy atom. The number of nitrogens with zero attached hydrogens (tertiary/aromatic N) is 3. The van der Waals surface area contributed by atoms with Gasteiger partial charge in [0.05, 0.1) is 27.0 Å². The number of carbonyl (C=O) groups is 1. The molecule has 29 heavy (non-hydrogen) atoms. The molecule has 0 aliphatic carbocycles. The lowest BCUT2D eigenvalue weighted by molar-refractivity contribution is 0.0997. The summed E-state index contributed by atoms with van der Waals surface area (Å²) in [4.78, 5) is 22.5. The van der Waals surface area contributed by atoms with E-state index in [1.54, 1.807) is 7.11 Å². The molecule has 5 nitrogen and oxygen atoms in total. The topological polar surface area (TPSA) is 56.5 Å². The number of para-hydroxylation sites is 1. The molecule has 0 aliphatic heterocycles. The van der Waals surface area contributed by atoms with Crippen molar-refractivity contribution in [2.75, 3.05) is 13.7 Å². The summed E-state index contributed by atoms with van der Waals surface area (Å²) in [5.74, 6) is -0.312. The number of carbonyl (C=O) groups excluding carboxylic acids is 1. The van der Waals surface area contributed by atoms with Gasteiger partial charge in [-0.05, 0) is 23.6 Å². The molecule has 5 aromatic rings. The molecule has 0 aliphatic rings. The molecule has 0 atom stereocenters. The molecule has 0 saturated heterocycles. The van der Waals surface area contributed by atoms with Gasteiger partial charge < -0.3 is 9.30 Å². The number of rotatable bonds is 4. The molecule has 2 aromatic heterocycles. The third-order valence-electron chi connectivity index (χ3n) is 4.77. The van der Waals surface area contributed by atoms with Crippen LogP contribution in [-0.2, 0) is 11.3 Å². The highest BCUT2D eigenvalue weighted by molar-refractivity contribution is 7.20. The van der Waals surface area contributed by atoms with Gasteiger partial charge in [0.1, 0.15) is 0 Å². The number of amides is 1. The zero-order valence-corrected chi connectivity index (χ0v) is 17.3. The van der Waals surface area contributed by atoms with E-state index in [9.17, 15) is 4.79 Å². The van der Waals surface area contributed by atoms with Crippen molar-refractivity contribution >= 4 is 59.8 Å². The summed E-state index contributed by atoms with van der Waals surface area (Å²) in [6.45, 7) is 1.17. The summed E-state index contributed by atoms with van der Waals surface area (Å²) in [7, 11) is 1.67. The monoisotopic (exact) mass is 419 g/mol. The lowest BCUT2D eigenvalue weighted by Crippen LogP contribution is -2.19. The Hall–Kier alpha value is -2.87. The Kier molecular flexibility index (Phi) is 4.71. The molecule has 2 heterocycles. The summed E-state index contributed by atoms with van der Waals surface area (Å²) < 4.78 is 9.45. The van der Waals surface area contributed by atoms with E-state index in [2.05, 4.69) is 38.8 Å². The first-order valence-corrected chi connectivity index (χ1v) is 10.8. The molecule has 0 bridgehead atoms. The summed E-state index contributed by atoms with van der Waals surface area (Å²) in [6.07, 6.45) is 0. The third-order valence-corrected chi connectivity index (χ3v) is 6.92. The Morgan fingerprint density at radius 1 is 1.07 bits per heavy atom. The second-order valence-electron chi connectivity index (χ2n) is 6.57. The predicted molar refractivity (Wildman–Crippen MR) is 119 cm³/mol. The molecule has 7 heteroatoms. The van der Waals surface area contributed by atoms with Gasteiger partial charge in [0, 0.05) is 19.0 Å². The first-order valence-electron chi connectivity index (χ1n) is 9.19. The summed E-state index contributed by atoms with van der Waals surface area (Å²) in [6, 6.07) is 20.2. The minimum atomic E-state index is -0.312. The van der Waals surface area contributed by atoms with Crippen molar-refractivity contribution in [1.29, 1.82) is 0 Å². The van der Waals surface area contributed by atoms with Crippen LogP contribution in [0.4, 0.5) is 0 Å². The van der Waals surface area contributed by atoms with Crippen LogP contribution in [-0.4, -0.2) is 29.2 Å². The highest BCUT2D eigenvalue weighted by Crippen LogP contribution is 2.28. The van der Waals surface area contributed by atoms with Gasteiger partial charge in [0.15, 0.2) is 9.81 Å². The summed E-state index contributed by atoms with van der Waals surface area (Å²) in [5, 5.41) is 2.74. The number of aromatic nitrogens is 2. The van der Waals surface area contributed by atoms with E-state index in [-0.39, 0.29) is 5.91 Å². The van der Waals surface area contributed by atoms with Crippen LogP contribution in [0.3, 0.4) is 0 Å². The maximum Gasteiger partial charge on any atom is 0.308 e. The molecular formula is C22H17N3O2S2. The second-order valence-corrected chi connectivity index (χ2v) is 8.58. The zero-order valence-electron chi connectivity index (χ0n) is 15.7. The zero-order chi connectivity index (χ0) is 19.8. The van der Waals surface area contributed by atoms with E-state index in [1.165, 1.54) is 28.1 Å². The van der Waals surface area contributed by atoms with Crippen LogP contribution in [0.2, 0.25) is 0 Å². The smallest absolute Gasteiger partial charge is 0.308 e. The van der Waals surface area contributed by atoms with Crippen LogP contribution in [0.25, 0.3) is 31.2 Å². The minimum absolute atomic E-state index is 0.312. The van der Waals surface area contributed by atoms with Crippen molar-refractivity contribution in [3.05, 3.63) is 70.5 Å². The average Bonchev–Trinajstić information content (AvgIpc) is 3.33. The van der Waals surface area contributed by atoms with Crippen molar-refractivity contribution in [2.45, 2.75) is 6.54 Å². The van der Waals surface area contributed by atoms with Crippen LogP contribution < -0.4 is 4.80 Å². The minimum Gasteiger partial charge on any atom is -0.383 e. The van der Waals surface area contributed by atoms with Gasteiger partial charge in [-0.25, -0.2) is 4.98 Å². The van der Waals surface area contributed by atoms with E-state index in [4.69, 9.17) is 4.74 Å². The van der Waals surface area contributed by atoms with E-state index in [0.717, 1.165) is 25.8 Å². The van der Waals surface area contributed by atoms with Crippen molar-refractivity contribution in [2.24, 2.45) is 4.99 Å². The molecule has 144 valence electrons. The van der Waals surface area contributed by atoms with Crippen molar-refractivity contribution in [3.8, 4) is 0 Å². The van der Waals surface area contributed by atoms with Crippen molar-refractivity contribution < 1.29 is 9.53 Å². The lowest BCUT2D eigenvalue weighted by atomic mass is 10.1. The van der Waals surface area contributed by atoms with Crippen molar-refractivity contribution in [1.82, 2.24) is 9.55 Å². The van der Waals surface area contributed by atoms with Crippen molar-refractivity contribution in [3.63, 3.8) is 0 Å². The molecular weight excluding hydrogens is 402 g/mol. The fraction of sp³-hybridized carbons (Fsp3) is 0.136. The van der Waals surface area contributed by atoms with Crippen LogP contribution in [0.1, 0.15) is 9.80 Å². The van der Waals surface area contributed by atoms with Gasteiger partial charge in [0.2, 0.25) is 0 Å². The normalized spacial score (nSPS) is 12.4. The van der Waals surface area contributed by atoms with Crippen LogP contribution in [0.15, 0.2) is 65.7 Å². The van der Waals surface area contributed by atoms with E-state index in [1.807, 2.05) is 36.4 Å². The summed E-state index contributed by atoms with van der Waals surface area (Å²) in [5.41, 5.74) is 1.88. The van der Waals surface area contributed by atoms with E-state index < -0.39 is 0 Å². The Bertz CT molecular complexity index is 1400. The molecule has 0 N–H and O–H groups in total. The first-order chi connectivity index (χ1) is 14.2. The van der Waals surface area contributed by atoms with Gasteiger partial charge in [-0.3, -0.25) is 4.79 Å². The largest absolute Gasteiger partial charge is 0.383 e. The Balaban J connectivity index is 1.69. The van der Waals surface area contributed by atoms with Gasteiger partial charge in [-0.15, -0.1) is 11.3 Å². The second kappa shape index (κ2) is 7.51. The van der Waals surface area contributed by atoms with Crippen LogP contribution in [0, 0.1) is 0 Å². The average molecular weight is 420 g/mol. The van der Waals surface area contributed by atoms with Gasteiger partial charge >= 0.3 is 5.91 Å². The molecule has 0 unspecified atom stereocenters. The molecule has 1 amide bonds. The fourth-order valence-electron chi connectivity index (χ4n) is 3.38. The number of benzene rings is 3. The Labute approximate surface area is 174 Å². The molecule has 0 spiro atoms. The number of methoxy groups -OCH3 is 1. The lowest BCUT2D eigenvalue weighted by Gasteiger charge is -2.05. The van der Waals surface area contributed by atoms with E-state index in [0.29, 0.717) is 23.0 Å². The summed E-state index contributed by atoms with van der Waals surface area (Å²) >= 11 is 2.90. The van der Waals surface area contributed by atoms with Crippen LogP contribution >= 0.6 is 22.7 Å². The number of hydrogen-bond acceptors (Lipinski definition) is 5. The fourth-order valence-corrected chi connectivity index (χ4v) is 5.42. The number of ether oxygens (including phenoxy) is 1. The van der Waals surface area contributed by atoms with Gasteiger partial charge in [0.25, 0.3) is 0 Å². The molecule has 0 saturated carbocycles. The maximum absolute atomic E-state index is 12.9. The standard InChI is InChI=1S/C22H17N3O2S2/c1-27-13-12-25-17-11-10-14-6-2-3-7-15(14)19(17)29-22(25)24-20(26)21-23-16-8-4-5-9-18(16)28-21/h2-11H,12-13H2,1H3. The van der Waals surface area contributed by atoms with Gasteiger partial charge in [-0.1, -0.05) is 53.8 Å². The van der Waals surface area contributed by atoms with Crippen LogP contribution in [0.5, 0.6) is 0 Å². The first kappa shape index (κ1) is 18.2. The predicted octanol–water partition coefficient (Wildman–Crippen LogP) is 4.85. The SMILES string of the molecule is COCCn1c(=NC(=O)c2nc3ccccc3s2)sc2c3ccccc3ccc21. The Morgan fingerprint density at radius 2 is 1.90 bits per heavy atom. The quantitative estimate of drug-likeness (QED) is 0.418.